The van der Waals surface area contributed by atoms with Crippen molar-refractivity contribution in [1.82, 2.24) is 4.90 Å². The summed E-state index contributed by atoms with van der Waals surface area (Å²) < 4.78 is 0. The van der Waals surface area contributed by atoms with Crippen LogP contribution in [0.25, 0.3) is 0 Å². The van der Waals surface area contributed by atoms with Crippen molar-refractivity contribution in [2.45, 2.75) is 33.7 Å². The van der Waals surface area contributed by atoms with E-state index >= 15 is 0 Å². The summed E-state index contributed by atoms with van der Waals surface area (Å²) in [6, 6.07) is -0.306. The first-order valence-electron chi connectivity index (χ1n) is 4.15. The first-order chi connectivity index (χ1) is 5.37. The molecule has 1 amide bonds. The van der Waals surface area contributed by atoms with Gasteiger partial charge in [0.25, 0.3) is 0 Å². The molecule has 70 valence electrons. The van der Waals surface area contributed by atoms with Gasteiger partial charge in [-0.1, -0.05) is 13.8 Å². The lowest BCUT2D eigenvalue weighted by Crippen LogP contribution is -2.41. The molecule has 0 aromatic heterocycles. The van der Waals surface area contributed by atoms with E-state index in [2.05, 4.69) is 0 Å². The minimum atomic E-state index is -0.306. The van der Waals surface area contributed by atoms with E-state index in [4.69, 9.17) is 0 Å². The summed E-state index contributed by atoms with van der Waals surface area (Å²) in [5.74, 6) is -0.0130. The summed E-state index contributed by atoms with van der Waals surface area (Å²) in [5.41, 5.74) is 0. The van der Waals surface area contributed by atoms with E-state index < -0.39 is 0 Å². The standard InChI is InChI=1S/C9H17NO2/c1-6(2)9(12)10(5)7(3)8(4)11/h6-7H,1-5H3. The lowest BCUT2D eigenvalue weighted by molar-refractivity contribution is -0.139. The van der Waals surface area contributed by atoms with Gasteiger partial charge in [0.1, 0.15) is 0 Å². The molecule has 0 aromatic rings. The highest BCUT2D eigenvalue weighted by Gasteiger charge is 2.20. The molecule has 0 N–H and O–H groups in total. The number of hydrogen-bond donors (Lipinski definition) is 0. The zero-order valence-electron chi connectivity index (χ0n) is 8.42. The first-order valence-corrected chi connectivity index (χ1v) is 4.15. The highest BCUT2D eigenvalue weighted by Crippen LogP contribution is 2.04. The van der Waals surface area contributed by atoms with Gasteiger partial charge in [0.05, 0.1) is 6.04 Å². The molecule has 0 spiro atoms. The smallest absolute Gasteiger partial charge is 0.225 e. The normalized spacial score (nSPS) is 12.8. The molecule has 0 aliphatic heterocycles. The van der Waals surface area contributed by atoms with Crippen molar-refractivity contribution in [3.05, 3.63) is 0 Å². The second-order valence-corrected chi connectivity index (χ2v) is 3.39. The van der Waals surface area contributed by atoms with Crippen LogP contribution in [0.5, 0.6) is 0 Å². The molecule has 0 saturated heterocycles. The van der Waals surface area contributed by atoms with E-state index in [1.165, 1.54) is 11.8 Å². The molecule has 0 rings (SSSR count). The number of rotatable bonds is 3. The Morgan fingerprint density at radius 3 is 1.83 bits per heavy atom. The van der Waals surface area contributed by atoms with Crippen LogP contribution in [0.15, 0.2) is 0 Å². The average Bonchev–Trinajstić information content (AvgIpc) is 2.00. The van der Waals surface area contributed by atoms with Crippen molar-refractivity contribution in [1.29, 1.82) is 0 Å². The molecule has 0 bridgehead atoms. The van der Waals surface area contributed by atoms with Gasteiger partial charge in [-0.15, -0.1) is 0 Å². The number of ketones is 1. The Labute approximate surface area is 73.7 Å². The highest BCUT2D eigenvalue weighted by molar-refractivity contribution is 5.87. The Bertz CT molecular complexity index is 187. The Kier molecular flexibility index (Phi) is 3.93. The fraction of sp³-hybridized carbons (Fsp3) is 0.778. The van der Waals surface area contributed by atoms with Crippen LogP contribution in [-0.2, 0) is 9.59 Å². The predicted octanol–water partition coefficient (Wildman–Crippen LogP) is 1.08. The minimum absolute atomic E-state index is 0.0118. The van der Waals surface area contributed by atoms with Gasteiger partial charge >= 0.3 is 0 Å². The third kappa shape index (κ3) is 2.64. The number of nitrogens with zero attached hydrogens (tertiary/aromatic N) is 1. The monoisotopic (exact) mass is 171 g/mol. The fourth-order valence-electron chi connectivity index (χ4n) is 0.871. The Balaban J connectivity index is 4.29. The predicted molar refractivity (Wildman–Crippen MR) is 47.8 cm³/mol. The second-order valence-electron chi connectivity index (χ2n) is 3.39. The molecule has 3 heteroatoms. The van der Waals surface area contributed by atoms with E-state index in [9.17, 15) is 9.59 Å². The molecule has 0 radical (unpaired) electrons. The molecule has 0 aromatic carbocycles. The maximum atomic E-state index is 11.4. The van der Waals surface area contributed by atoms with Gasteiger partial charge < -0.3 is 4.90 Å². The molecule has 0 saturated carbocycles. The number of amides is 1. The van der Waals surface area contributed by atoms with Gasteiger partial charge in [-0.05, 0) is 13.8 Å². The molecule has 12 heavy (non-hydrogen) atoms. The topological polar surface area (TPSA) is 37.4 Å². The molecule has 0 heterocycles. The molecule has 3 nitrogen and oxygen atoms in total. The van der Waals surface area contributed by atoms with Gasteiger partial charge in [-0.3, -0.25) is 9.59 Å². The molecule has 0 aliphatic rings. The highest BCUT2D eigenvalue weighted by atomic mass is 16.2. The maximum Gasteiger partial charge on any atom is 0.225 e. The van der Waals surface area contributed by atoms with E-state index in [1.807, 2.05) is 13.8 Å². The Hall–Kier alpha value is -0.860. The number of carbonyl (C=O) groups excluding carboxylic acids is 2. The van der Waals surface area contributed by atoms with Crippen LogP contribution >= 0.6 is 0 Å². The van der Waals surface area contributed by atoms with Crippen LogP contribution in [0.2, 0.25) is 0 Å². The summed E-state index contributed by atoms with van der Waals surface area (Å²) in [6.45, 7) is 6.88. The van der Waals surface area contributed by atoms with Gasteiger partial charge in [-0.2, -0.15) is 0 Å². The van der Waals surface area contributed by atoms with Gasteiger partial charge in [0.2, 0.25) is 5.91 Å². The quantitative estimate of drug-likeness (QED) is 0.637. The van der Waals surface area contributed by atoms with Crippen LogP contribution in [0, 0.1) is 5.92 Å². The minimum Gasteiger partial charge on any atom is -0.336 e. The van der Waals surface area contributed by atoms with Crippen LogP contribution in [0.1, 0.15) is 27.7 Å². The van der Waals surface area contributed by atoms with Gasteiger partial charge in [0.15, 0.2) is 5.78 Å². The van der Waals surface area contributed by atoms with Crippen LogP contribution in [-0.4, -0.2) is 29.7 Å². The van der Waals surface area contributed by atoms with Crippen molar-refractivity contribution in [3.63, 3.8) is 0 Å². The number of carbonyl (C=O) groups is 2. The summed E-state index contributed by atoms with van der Waals surface area (Å²) in [6.07, 6.45) is 0. The van der Waals surface area contributed by atoms with Crippen LogP contribution in [0.3, 0.4) is 0 Å². The van der Waals surface area contributed by atoms with E-state index in [0.29, 0.717) is 0 Å². The van der Waals surface area contributed by atoms with Gasteiger partial charge in [-0.25, -0.2) is 0 Å². The molecular weight excluding hydrogens is 154 g/mol. The molecular formula is C9H17NO2. The van der Waals surface area contributed by atoms with E-state index in [0.717, 1.165) is 0 Å². The molecule has 1 unspecified atom stereocenters. The summed E-state index contributed by atoms with van der Waals surface area (Å²) in [4.78, 5) is 23.8. The SMILES string of the molecule is CC(=O)C(C)N(C)C(=O)C(C)C. The molecule has 1 atom stereocenters. The molecule has 0 fully saturated rings. The maximum absolute atomic E-state index is 11.4. The zero-order valence-corrected chi connectivity index (χ0v) is 8.42. The average molecular weight is 171 g/mol. The summed E-state index contributed by atoms with van der Waals surface area (Å²) in [5, 5.41) is 0. The summed E-state index contributed by atoms with van der Waals surface area (Å²) >= 11 is 0. The van der Waals surface area contributed by atoms with Crippen LogP contribution < -0.4 is 0 Å². The Morgan fingerprint density at radius 1 is 1.17 bits per heavy atom. The number of likely N-dealkylation sites (N-methyl/N-ethyl adjacent to an activating group) is 1. The second kappa shape index (κ2) is 4.24. The summed E-state index contributed by atoms with van der Waals surface area (Å²) in [7, 11) is 1.66. The third-order valence-corrected chi connectivity index (χ3v) is 2.01. The van der Waals surface area contributed by atoms with E-state index in [-0.39, 0.29) is 23.7 Å². The number of hydrogen-bond acceptors (Lipinski definition) is 2. The van der Waals surface area contributed by atoms with Crippen molar-refractivity contribution < 1.29 is 9.59 Å². The Morgan fingerprint density at radius 2 is 1.58 bits per heavy atom. The largest absolute Gasteiger partial charge is 0.336 e. The van der Waals surface area contributed by atoms with Crippen molar-refractivity contribution in [2.24, 2.45) is 5.92 Å². The zero-order chi connectivity index (χ0) is 9.89. The first kappa shape index (κ1) is 11.1. The van der Waals surface area contributed by atoms with Crippen molar-refractivity contribution in [3.8, 4) is 0 Å². The third-order valence-electron chi connectivity index (χ3n) is 2.01. The molecule has 0 aliphatic carbocycles. The number of Topliss-reactive ketones (excluding diaryl/α,β-unsaturated/α-hetero) is 1. The lowest BCUT2D eigenvalue weighted by atomic mass is 10.1. The van der Waals surface area contributed by atoms with Crippen molar-refractivity contribution in [2.75, 3.05) is 7.05 Å². The van der Waals surface area contributed by atoms with Crippen molar-refractivity contribution >= 4 is 11.7 Å². The van der Waals surface area contributed by atoms with Gasteiger partial charge in [0, 0.05) is 13.0 Å². The van der Waals surface area contributed by atoms with Crippen LogP contribution in [0.4, 0.5) is 0 Å². The fourth-order valence-corrected chi connectivity index (χ4v) is 0.871. The lowest BCUT2D eigenvalue weighted by Gasteiger charge is -2.24. The van der Waals surface area contributed by atoms with E-state index in [1.54, 1.807) is 14.0 Å².